The van der Waals surface area contributed by atoms with E-state index in [0.29, 0.717) is 11.0 Å². The summed E-state index contributed by atoms with van der Waals surface area (Å²) in [6.07, 6.45) is 3.56. The van der Waals surface area contributed by atoms with Crippen molar-refractivity contribution in [2.75, 3.05) is 7.11 Å². The quantitative estimate of drug-likeness (QED) is 0.805. The molecule has 1 aliphatic carbocycles. The monoisotopic (exact) mass is 236 g/mol. The second-order valence-electron chi connectivity index (χ2n) is 4.03. The number of Topliss-reactive ketones (excluding diaryl/α,β-unsaturated/α-hetero) is 1. The van der Waals surface area contributed by atoms with Crippen molar-refractivity contribution in [3.05, 3.63) is 24.3 Å². The van der Waals surface area contributed by atoms with E-state index in [2.05, 4.69) is 12.1 Å². The Hall–Kier alpha value is -0.960. The van der Waals surface area contributed by atoms with Crippen LogP contribution in [0.3, 0.4) is 0 Å². The number of methoxy groups -OCH3 is 1. The van der Waals surface area contributed by atoms with E-state index in [9.17, 15) is 4.79 Å². The first-order valence-electron chi connectivity index (χ1n) is 5.60. The molecule has 0 aromatic heterocycles. The maximum atomic E-state index is 11.1. The highest BCUT2D eigenvalue weighted by Gasteiger charge is 2.19. The van der Waals surface area contributed by atoms with E-state index in [4.69, 9.17) is 4.74 Å². The highest BCUT2D eigenvalue weighted by molar-refractivity contribution is 8.00. The van der Waals surface area contributed by atoms with Crippen LogP contribution in [-0.2, 0) is 4.79 Å². The first-order chi connectivity index (χ1) is 7.78. The van der Waals surface area contributed by atoms with Gasteiger partial charge in [-0.15, -0.1) is 11.8 Å². The van der Waals surface area contributed by atoms with Crippen molar-refractivity contribution in [2.45, 2.75) is 35.8 Å². The average molecular weight is 236 g/mol. The molecule has 0 unspecified atom stereocenters. The standard InChI is InChI=1S/C13H16O2S/c1-15-11-4-8-13(9-5-11)16-12-6-2-10(14)3-7-12/h4-5,8-9,12H,2-3,6-7H2,1H3. The molecule has 1 fully saturated rings. The molecule has 2 nitrogen and oxygen atoms in total. The lowest BCUT2D eigenvalue weighted by molar-refractivity contribution is -0.120. The molecule has 0 heterocycles. The molecule has 0 atom stereocenters. The minimum absolute atomic E-state index is 0.423. The molecular weight excluding hydrogens is 220 g/mol. The highest BCUT2D eigenvalue weighted by Crippen LogP contribution is 2.33. The van der Waals surface area contributed by atoms with Gasteiger partial charge < -0.3 is 4.74 Å². The number of rotatable bonds is 3. The van der Waals surface area contributed by atoms with Crippen LogP contribution in [0.1, 0.15) is 25.7 Å². The summed E-state index contributed by atoms with van der Waals surface area (Å²) in [5.41, 5.74) is 0. The van der Waals surface area contributed by atoms with E-state index in [1.165, 1.54) is 4.90 Å². The summed E-state index contributed by atoms with van der Waals surface area (Å²) < 4.78 is 5.12. The normalized spacial score (nSPS) is 17.4. The molecule has 2 rings (SSSR count). The Kier molecular flexibility index (Phi) is 3.88. The summed E-state index contributed by atoms with van der Waals surface area (Å²) in [5.74, 6) is 1.31. The van der Waals surface area contributed by atoms with Crippen LogP contribution in [0.5, 0.6) is 5.75 Å². The van der Waals surface area contributed by atoms with Gasteiger partial charge in [-0.3, -0.25) is 4.79 Å². The molecule has 1 saturated carbocycles. The van der Waals surface area contributed by atoms with Crippen molar-refractivity contribution in [1.29, 1.82) is 0 Å². The van der Waals surface area contributed by atoms with Crippen molar-refractivity contribution < 1.29 is 9.53 Å². The first-order valence-corrected chi connectivity index (χ1v) is 6.48. The van der Waals surface area contributed by atoms with Gasteiger partial charge in [-0.1, -0.05) is 0 Å². The van der Waals surface area contributed by atoms with Gasteiger partial charge in [0.05, 0.1) is 7.11 Å². The van der Waals surface area contributed by atoms with Gasteiger partial charge in [0.2, 0.25) is 0 Å². The van der Waals surface area contributed by atoms with Gasteiger partial charge in [0.1, 0.15) is 11.5 Å². The number of ketones is 1. The largest absolute Gasteiger partial charge is 0.497 e. The minimum atomic E-state index is 0.423. The summed E-state index contributed by atoms with van der Waals surface area (Å²) in [7, 11) is 1.68. The molecule has 1 aliphatic rings. The van der Waals surface area contributed by atoms with Crippen molar-refractivity contribution in [3.8, 4) is 5.75 Å². The Morgan fingerprint density at radius 1 is 1.19 bits per heavy atom. The number of hydrogen-bond acceptors (Lipinski definition) is 3. The van der Waals surface area contributed by atoms with Crippen LogP contribution in [0, 0.1) is 0 Å². The topological polar surface area (TPSA) is 26.3 Å². The molecule has 16 heavy (non-hydrogen) atoms. The van der Waals surface area contributed by atoms with Gasteiger partial charge in [0.25, 0.3) is 0 Å². The van der Waals surface area contributed by atoms with Gasteiger partial charge in [-0.05, 0) is 37.1 Å². The van der Waals surface area contributed by atoms with Gasteiger partial charge in [0, 0.05) is 23.0 Å². The minimum Gasteiger partial charge on any atom is -0.497 e. The lowest BCUT2D eigenvalue weighted by atomic mass is 9.99. The molecule has 3 heteroatoms. The number of ether oxygens (including phenoxy) is 1. The third-order valence-corrected chi connectivity index (χ3v) is 4.20. The molecule has 0 aliphatic heterocycles. The lowest BCUT2D eigenvalue weighted by Gasteiger charge is -2.20. The Bertz CT molecular complexity index is 349. The second kappa shape index (κ2) is 5.39. The van der Waals surface area contributed by atoms with Gasteiger partial charge >= 0.3 is 0 Å². The fourth-order valence-electron chi connectivity index (χ4n) is 1.88. The smallest absolute Gasteiger partial charge is 0.132 e. The van der Waals surface area contributed by atoms with Crippen LogP contribution in [0.2, 0.25) is 0 Å². The Labute approximate surface area is 100 Å². The molecule has 0 radical (unpaired) electrons. The fourth-order valence-corrected chi connectivity index (χ4v) is 3.03. The van der Waals surface area contributed by atoms with E-state index in [1.54, 1.807) is 7.11 Å². The van der Waals surface area contributed by atoms with Gasteiger partial charge in [-0.25, -0.2) is 0 Å². The lowest BCUT2D eigenvalue weighted by Crippen LogP contribution is -2.15. The highest BCUT2D eigenvalue weighted by atomic mass is 32.2. The van der Waals surface area contributed by atoms with Crippen LogP contribution < -0.4 is 4.74 Å². The number of hydrogen-bond donors (Lipinski definition) is 0. The summed E-state index contributed by atoms with van der Waals surface area (Å²) >= 11 is 1.88. The summed E-state index contributed by atoms with van der Waals surface area (Å²) in [6.45, 7) is 0. The third-order valence-electron chi connectivity index (χ3n) is 2.85. The predicted molar refractivity (Wildman–Crippen MR) is 66.1 cm³/mol. The summed E-state index contributed by atoms with van der Waals surface area (Å²) in [6, 6.07) is 8.13. The van der Waals surface area contributed by atoms with E-state index in [-0.39, 0.29) is 0 Å². The molecule has 1 aromatic carbocycles. The van der Waals surface area contributed by atoms with Crippen LogP contribution >= 0.6 is 11.8 Å². The Morgan fingerprint density at radius 3 is 2.38 bits per heavy atom. The third kappa shape index (κ3) is 3.01. The molecule has 86 valence electrons. The molecular formula is C13H16O2S. The number of carbonyl (C=O) groups is 1. The number of thioether (sulfide) groups is 1. The van der Waals surface area contributed by atoms with Crippen molar-refractivity contribution in [1.82, 2.24) is 0 Å². The van der Waals surface area contributed by atoms with Gasteiger partial charge in [-0.2, -0.15) is 0 Å². The van der Waals surface area contributed by atoms with E-state index in [1.807, 2.05) is 23.9 Å². The summed E-state index contributed by atoms with van der Waals surface area (Å²) in [4.78, 5) is 12.4. The molecule has 1 aromatic rings. The average Bonchev–Trinajstić information content (AvgIpc) is 2.33. The maximum absolute atomic E-state index is 11.1. The molecule has 0 spiro atoms. The Balaban J connectivity index is 1.90. The zero-order chi connectivity index (χ0) is 11.4. The zero-order valence-electron chi connectivity index (χ0n) is 9.44. The predicted octanol–water partition coefficient (Wildman–Crippen LogP) is 3.30. The summed E-state index contributed by atoms with van der Waals surface area (Å²) in [5, 5.41) is 0.603. The van der Waals surface area contributed by atoms with Crippen molar-refractivity contribution in [2.24, 2.45) is 0 Å². The molecule has 0 N–H and O–H groups in total. The molecule has 0 bridgehead atoms. The van der Waals surface area contributed by atoms with E-state index in [0.717, 1.165) is 31.4 Å². The molecule has 0 saturated heterocycles. The van der Waals surface area contributed by atoms with Gasteiger partial charge in [0.15, 0.2) is 0 Å². The maximum Gasteiger partial charge on any atom is 0.132 e. The number of carbonyl (C=O) groups excluding carboxylic acids is 1. The zero-order valence-corrected chi connectivity index (χ0v) is 10.3. The van der Waals surface area contributed by atoms with Crippen molar-refractivity contribution >= 4 is 17.5 Å². The van der Waals surface area contributed by atoms with Crippen LogP contribution in [0.25, 0.3) is 0 Å². The fraction of sp³-hybridized carbons (Fsp3) is 0.462. The SMILES string of the molecule is COc1ccc(SC2CCC(=O)CC2)cc1. The van der Waals surface area contributed by atoms with Crippen LogP contribution in [-0.4, -0.2) is 18.1 Å². The van der Waals surface area contributed by atoms with E-state index < -0.39 is 0 Å². The Morgan fingerprint density at radius 2 is 1.81 bits per heavy atom. The van der Waals surface area contributed by atoms with Crippen LogP contribution in [0.4, 0.5) is 0 Å². The number of benzene rings is 1. The van der Waals surface area contributed by atoms with Crippen molar-refractivity contribution in [3.63, 3.8) is 0 Å². The second-order valence-corrected chi connectivity index (χ2v) is 5.41. The molecule has 0 amide bonds. The van der Waals surface area contributed by atoms with E-state index >= 15 is 0 Å². The first kappa shape index (κ1) is 11.5. The van der Waals surface area contributed by atoms with Crippen LogP contribution in [0.15, 0.2) is 29.2 Å².